The lowest BCUT2D eigenvalue weighted by Crippen LogP contribution is -2.16. The molecule has 3 aromatic rings. The number of carbonyl (C=O) groups excluding carboxylic acids is 1. The molecule has 0 atom stereocenters. The van der Waals surface area contributed by atoms with Crippen LogP contribution in [0.25, 0.3) is 0 Å². The summed E-state index contributed by atoms with van der Waals surface area (Å²) in [6, 6.07) is 15.6. The van der Waals surface area contributed by atoms with Gasteiger partial charge in [-0.3, -0.25) is 9.52 Å². The van der Waals surface area contributed by atoms with Gasteiger partial charge in [-0.05, 0) is 74.0 Å². The molecular weight excluding hydrogens is 459 g/mol. The Bertz CT molecular complexity index is 1210. The van der Waals surface area contributed by atoms with Crippen molar-refractivity contribution >= 4 is 50.5 Å². The maximum Gasteiger partial charge on any atom is 0.261 e. The average molecular weight is 479 g/mol. The first-order valence-corrected chi connectivity index (χ1v) is 11.6. The molecule has 1 amide bonds. The van der Waals surface area contributed by atoms with Crippen molar-refractivity contribution in [2.45, 2.75) is 18.7 Å². The molecule has 0 fully saturated rings. The lowest BCUT2D eigenvalue weighted by Gasteiger charge is -2.12. The monoisotopic (exact) mass is 478 g/mol. The number of sulfonamides is 1. The molecule has 0 aliphatic rings. The molecule has 0 bridgehead atoms. The van der Waals surface area contributed by atoms with Crippen molar-refractivity contribution in [2.75, 3.05) is 16.6 Å². The topological polar surface area (TPSA) is 84.5 Å². The quantitative estimate of drug-likeness (QED) is 0.452. The van der Waals surface area contributed by atoms with E-state index in [4.69, 9.17) is 27.9 Å². The predicted molar refractivity (Wildman–Crippen MR) is 124 cm³/mol. The lowest BCUT2D eigenvalue weighted by atomic mass is 10.2. The molecule has 0 aliphatic carbocycles. The third-order valence-electron chi connectivity index (χ3n) is 4.28. The van der Waals surface area contributed by atoms with Gasteiger partial charge in [0.05, 0.1) is 32.8 Å². The Hall–Kier alpha value is -2.74. The second kappa shape index (κ2) is 9.60. The van der Waals surface area contributed by atoms with Gasteiger partial charge in [-0.1, -0.05) is 29.3 Å². The summed E-state index contributed by atoms with van der Waals surface area (Å²) < 4.78 is 33.4. The number of anilines is 2. The van der Waals surface area contributed by atoms with Crippen molar-refractivity contribution < 1.29 is 17.9 Å². The van der Waals surface area contributed by atoms with E-state index in [0.717, 1.165) is 5.56 Å². The minimum Gasteiger partial charge on any atom is -0.494 e. The fourth-order valence-electron chi connectivity index (χ4n) is 2.76. The molecule has 0 aliphatic heterocycles. The van der Waals surface area contributed by atoms with Crippen LogP contribution in [0.5, 0.6) is 5.75 Å². The first kappa shape index (κ1) is 22.9. The third kappa shape index (κ3) is 5.70. The second-order valence-electron chi connectivity index (χ2n) is 6.64. The van der Waals surface area contributed by atoms with Crippen LogP contribution in [0.1, 0.15) is 22.8 Å². The number of nitrogens with one attached hydrogen (secondary N) is 2. The van der Waals surface area contributed by atoms with Gasteiger partial charge in [0.15, 0.2) is 0 Å². The molecule has 0 heterocycles. The molecule has 6 nitrogen and oxygen atoms in total. The van der Waals surface area contributed by atoms with E-state index in [-0.39, 0.29) is 15.5 Å². The minimum atomic E-state index is -3.95. The molecule has 162 valence electrons. The van der Waals surface area contributed by atoms with Gasteiger partial charge in [0.1, 0.15) is 5.75 Å². The normalized spacial score (nSPS) is 11.1. The highest BCUT2D eigenvalue weighted by Crippen LogP contribution is 2.27. The highest BCUT2D eigenvalue weighted by atomic mass is 35.5. The number of aryl methyl sites for hydroxylation is 1. The number of benzene rings is 3. The second-order valence-corrected chi connectivity index (χ2v) is 9.14. The summed E-state index contributed by atoms with van der Waals surface area (Å²) >= 11 is 12.3. The standard InChI is InChI=1S/C22H20Cl2N2O4S/c1-3-30-16-7-5-15(6-8-16)26-31(28,29)17-9-10-19(23)18(13-17)22(27)25-21-11-4-14(2)12-20(21)24/h4-13,26H,3H2,1-2H3,(H,25,27). The van der Waals surface area contributed by atoms with Crippen LogP contribution >= 0.6 is 23.2 Å². The molecule has 0 radical (unpaired) electrons. The van der Waals surface area contributed by atoms with E-state index in [9.17, 15) is 13.2 Å². The van der Waals surface area contributed by atoms with Crippen LogP contribution < -0.4 is 14.8 Å². The maximum absolute atomic E-state index is 12.8. The van der Waals surface area contributed by atoms with Crippen molar-refractivity contribution in [3.63, 3.8) is 0 Å². The van der Waals surface area contributed by atoms with Gasteiger partial charge >= 0.3 is 0 Å². The minimum absolute atomic E-state index is 0.00729. The lowest BCUT2D eigenvalue weighted by molar-refractivity contribution is 0.102. The number of hydrogen-bond donors (Lipinski definition) is 2. The van der Waals surface area contributed by atoms with E-state index >= 15 is 0 Å². The van der Waals surface area contributed by atoms with Crippen molar-refractivity contribution in [2.24, 2.45) is 0 Å². The van der Waals surface area contributed by atoms with Gasteiger partial charge in [0, 0.05) is 5.69 Å². The molecule has 3 aromatic carbocycles. The summed E-state index contributed by atoms with van der Waals surface area (Å²) in [6.45, 7) is 4.24. The van der Waals surface area contributed by atoms with Gasteiger partial charge in [-0.25, -0.2) is 8.42 Å². The largest absolute Gasteiger partial charge is 0.494 e. The highest BCUT2D eigenvalue weighted by Gasteiger charge is 2.20. The van der Waals surface area contributed by atoms with Crippen LogP contribution in [0, 0.1) is 6.92 Å². The molecule has 31 heavy (non-hydrogen) atoms. The fraction of sp³-hybridized carbons (Fsp3) is 0.136. The zero-order valence-electron chi connectivity index (χ0n) is 16.8. The Balaban J connectivity index is 1.84. The summed E-state index contributed by atoms with van der Waals surface area (Å²) in [4.78, 5) is 12.6. The van der Waals surface area contributed by atoms with E-state index in [1.165, 1.54) is 18.2 Å². The Morgan fingerprint density at radius 1 is 0.968 bits per heavy atom. The summed E-state index contributed by atoms with van der Waals surface area (Å²) in [5, 5.41) is 3.13. The van der Waals surface area contributed by atoms with E-state index in [0.29, 0.717) is 28.8 Å². The first-order valence-electron chi connectivity index (χ1n) is 9.32. The first-order chi connectivity index (χ1) is 14.7. The SMILES string of the molecule is CCOc1ccc(NS(=O)(=O)c2ccc(Cl)c(C(=O)Nc3ccc(C)cc3Cl)c2)cc1. The van der Waals surface area contributed by atoms with Gasteiger partial charge in [-0.2, -0.15) is 0 Å². The molecule has 2 N–H and O–H groups in total. The van der Waals surface area contributed by atoms with E-state index in [2.05, 4.69) is 10.0 Å². The van der Waals surface area contributed by atoms with Crippen molar-refractivity contribution in [3.8, 4) is 5.75 Å². The Kier molecular flexibility index (Phi) is 7.10. The van der Waals surface area contributed by atoms with Gasteiger partial charge in [-0.15, -0.1) is 0 Å². The van der Waals surface area contributed by atoms with Crippen LogP contribution in [-0.4, -0.2) is 20.9 Å². The van der Waals surface area contributed by atoms with Crippen LogP contribution in [-0.2, 0) is 10.0 Å². The zero-order chi connectivity index (χ0) is 22.6. The van der Waals surface area contributed by atoms with Crippen molar-refractivity contribution in [1.82, 2.24) is 0 Å². The average Bonchev–Trinajstić information content (AvgIpc) is 2.71. The maximum atomic E-state index is 12.8. The van der Waals surface area contributed by atoms with Gasteiger partial charge in [0.25, 0.3) is 15.9 Å². The molecule has 0 spiro atoms. The van der Waals surface area contributed by atoms with Crippen molar-refractivity contribution in [3.05, 3.63) is 81.8 Å². The Morgan fingerprint density at radius 3 is 2.32 bits per heavy atom. The molecule has 3 rings (SSSR count). The van der Waals surface area contributed by atoms with Crippen LogP contribution in [0.15, 0.2) is 65.6 Å². The predicted octanol–water partition coefficient (Wildman–Crippen LogP) is 5.75. The van der Waals surface area contributed by atoms with Gasteiger partial charge < -0.3 is 10.1 Å². The fourth-order valence-corrected chi connectivity index (χ4v) is 4.33. The number of hydrogen-bond acceptors (Lipinski definition) is 4. The highest BCUT2D eigenvalue weighted by molar-refractivity contribution is 7.92. The summed E-state index contributed by atoms with van der Waals surface area (Å²) in [7, 11) is -3.95. The number of ether oxygens (including phenoxy) is 1. The van der Waals surface area contributed by atoms with Crippen LogP contribution in [0.3, 0.4) is 0 Å². The molecule has 9 heteroatoms. The smallest absolute Gasteiger partial charge is 0.261 e. The number of amides is 1. The van der Waals surface area contributed by atoms with Crippen LogP contribution in [0.2, 0.25) is 10.0 Å². The van der Waals surface area contributed by atoms with Crippen LogP contribution in [0.4, 0.5) is 11.4 Å². The van der Waals surface area contributed by atoms with E-state index in [1.807, 2.05) is 13.8 Å². The number of carbonyl (C=O) groups is 1. The molecule has 0 saturated carbocycles. The summed E-state index contributed by atoms with van der Waals surface area (Å²) in [6.07, 6.45) is 0. The molecule has 0 unspecified atom stereocenters. The third-order valence-corrected chi connectivity index (χ3v) is 6.30. The zero-order valence-corrected chi connectivity index (χ0v) is 19.1. The summed E-state index contributed by atoms with van der Waals surface area (Å²) in [5.74, 6) is 0.0551. The molecular formula is C22H20Cl2N2O4S. The number of halogens is 2. The molecule has 0 aromatic heterocycles. The van der Waals surface area contributed by atoms with E-state index < -0.39 is 15.9 Å². The number of rotatable bonds is 7. The Morgan fingerprint density at radius 2 is 1.68 bits per heavy atom. The van der Waals surface area contributed by atoms with E-state index in [1.54, 1.807) is 42.5 Å². The van der Waals surface area contributed by atoms with Crippen molar-refractivity contribution in [1.29, 1.82) is 0 Å². The Labute approximate surface area is 191 Å². The summed E-state index contributed by atoms with van der Waals surface area (Å²) in [5.41, 5.74) is 1.70. The van der Waals surface area contributed by atoms with Gasteiger partial charge in [0.2, 0.25) is 0 Å². The molecule has 0 saturated heterocycles.